The maximum atomic E-state index is 5.50. The Labute approximate surface area is 124 Å². The Morgan fingerprint density at radius 3 is 2.55 bits per heavy atom. The van der Waals surface area contributed by atoms with Crippen LogP contribution in [0, 0.1) is 0 Å². The molecule has 2 rings (SSSR count). The Morgan fingerprint density at radius 1 is 1.30 bits per heavy atom. The van der Waals surface area contributed by atoms with Gasteiger partial charge in [-0.15, -0.1) is 0 Å². The topological polar surface area (TPSA) is 33.7 Å². The van der Waals surface area contributed by atoms with Gasteiger partial charge in [-0.3, -0.25) is 0 Å². The normalized spacial score (nSPS) is 20.1. The number of hydrogen-bond acceptors (Lipinski definition) is 4. The van der Waals surface area contributed by atoms with Gasteiger partial charge in [-0.05, 0) is 38.7 Å². The summed E-state index contributed by atoms with van der Waals surface area (Å²) in [5, 5.41) is 3.49. The Morgan fingerprint density at radius 2 is 2.00 bits per heavy atom. The Balaban J connectivity index is 0.00000200. The number of methoxy groups -OCH3 is 2. The van der Waals surface area contributed by atoms with E-state index in [1.54, 1.807) is 14.2 Å². The number of nitrogens with zero attached hydrogens (tertiary/aromatic N) is 1. The highest BCUT2D eigenvalue weighted by molar-refractivity contribution is 5.72. The van der Waals surface area contributed by atoms with Crippen LogP contribution >= 0.6 is 0 Å². The van der Waals surface area contributed by atoms with Crippen molar-refractivity contribution < 1.29 is 10.9 Å². The molecule has 0 fully saturated rings. The molecule has 0 saturated heterocycles. The van der Waals surface area contributed by atoms with Gasteiger partial charge in [-0.25, -0.2) is 0 Å². The zero-order valence-corrected chi connectivity index (χ0v) is 12.5. The summed E-state index contributed by atoms with van der Waals surface area (Å²) in [6.07, 6.45) is 1.12. The minimum atomic E-state index is 0. The fourth-order valence-corrected chi connectivity index (χ4v) is 2.68. The monoisotopic (exact) mass is 282 g/mol. The summed E-state index contributed by atoms with van der Waals surface area (Å²) in [7, 11) is 7.59. The van der Waals surface area contributed by atoms with Crippen LogP contribution in [0.2, 0.25) is 0 Å². The van der Waals surface area contributed by atoms with Crippen molar-refractivity contribution in [3.63, 3.8) is 0 Å². The molecule has 0 spiro atoms. The lowest BCUT2D eigenvalue weighted by Crippen LogP contribution is -2.29. The minimum absolute atomic E-state index is 0. The molecular formula is C16H30N2O2. The van der Waals surface area contributed by atoms with E-state index >= 15 is 0 Å². The molecule has 4 nitrogen and oxygen atoms in total. The Kier molecular flexibility index (Phi) is 5.28. The highest BCUT2D eigenvalue weighted by atomic mass is 16.5. The molecule has 1 N–H and O–H groups in total. The predicted molar refractivity (Wildman–Crippen MR) is 87.4 cm³/mol. The lowest BCUT2D eigenvalue weighted by molar-refractivity contribution is 0.341. The molecule has 1 aromatic carbocycles. The first-order valence-electron chi connectivity index (χ1n) is 6.66. The molecule has 0 amide bonds. The minimum Gasteiger partial charge on any atom is -0.493 e. The van der Waals surface area contributed by atoms with Gasteiger partial charge in [0.05, 0.1) is 19.9 Å². The van der Waals surface area contributed by atoms with Crippen LogP contribution in [0.3, 0.4) is 0 Å². The fraction of sp³-hybridized carbons (Fsp3) is 0.625. The van der Waals surface area contributed by atoms with Crippen molar-refractivity contribution in [2.45, 2.75) is 26.2 Å². The summed E-state index contributed by atoms with van der Waals surface area (Å²) in [4.78, 5) is 2.23. The van der Waals surface area contributed by atoms with E-state index in [1.807, 2.05) is 6.07 Å². The number of hydrogen-bond donors (Lipinski definition) is 1. The third kappa shape index (κ3) is 2.85. The average molecular weight is 282 g/mol. The smallest absolute Gasteiger partial charge is 0.184 e. The van der Waals surface area contributed by atoms with Crippen LogP contribution in [0.1, 0.15) is 27.8 Å². The van der Waals surface area contributed by atoms with E-state index in [9.17, 15) is 0 Å². The molecule has 0 aliphatic carbocycles. The first-order chi connectivity index (χ1) is 9.01. The second kappa shape index (κ2) is 6.35. The van der Waals surface area contributed by atoms with E-state index in [4.69, 9.17) is 9.47 Å². The predicted octanol–water partition coefficient (Wildman–Crippen LogP) is 3.22. The lowest BCUT2D eigenvalue weighted by Gasteiger charge is -2.26. The van der Waals surface area contributed by atoms with Crippen molar-refractivity contribution in [1.29, 1.82) is 0 Å². The fourth-order valence-electron chi connectivity index (χ4n) is 2.68. The molecule has 116 valence electrons. The van der Waals surface area contributed by atoms with Gasteiger partial charge in [0.2, 0.25) is 0 Å². The van der Waals surface area contributed by atoms with Gasteiger partial charge >= 0.3 is 0 Å². The van der Waals surface area contributed by atoms with Crippen LogP contribution in [0.5, 0.6) is 11.5 Å². The molecule has 0 radical (unpaired) electrons. The summed E-state index contributed by atoms with van der Waals surface area (Å²) < 4.78 is 10.9. The number of benzene rings is 1. The van der Waals surface area contributed by atoms with Crippen LogP contribution in [0.4, 0.5) is 5.69 Å². The van der Waals surface area contributed by atoms with Crippen LogP contribution in [0.25, 0.3) is 0 Å². The van der Waals surface area contributed by atoms with Crippen molar-refractivity contribution in [1.82, 2.24) is 4.90 Å². The largest absolute Gasteiger partial charge is 0.493 e. The first kappa shape index (κ1) is 16.6. The molecule has 1 aliphatic rings. The first-order valence-corrected chi connectivity index (χ1v) is 6.66. The van der Waals surface area contributed by atoms with E-state index in [1.165, 1.54) is 5.56 Å². The van der Waals surface area contributed by atoms with E-state index in [2.05, 4.69) is 37.3 Å². The molecule has 1 aliphatic heterocycles. The van der Waals surface area contributed by atoms with Crippen molar-refractivity contribution >= 4 is 5.69 Å². The summed E-state index contributed by atoms with van der Waals surface area (Å²) in [6.45, 7) is 4.33. The summed E-state index contributed by atoms with van der Waals surface area (Å²) >= 11 is 0. The molecular weight excluding hydrogens is 252 g/mol. The van der Waals surface area contributed by atoms with Crippen molar-refractivity contribution in [3.8, 4) is 11.5 Å². The van der Waals surface area contributed by atoms with E-state index in [0.29, 0.717) is 0 Å². The Hall–Kier alpha value is -1.42. The molecule has 1 heterocycles. The van der Waals surface area contributed by atoms with Gasteiger partial charge in [0.1, 0.15) is 0 Å². The van der Waals surface area contributed by atoms with E-state index in [0.717, 1.165) is 36.7 Å². The van der Waals surface area contributed by atoms with Crippen molar-refractivity contribution in [2.75, 3.05) is 46.7 Å². The number of nitrogens with one attached hydrogen (secondary N) is 1. The second-order valence-electron chi connectivity index (χ2n) is 5.69. The summed E-state index contributed by atoms with van der Waals surface area (Å²) in [5.41, 5.74) is 2.56. The molecule has 1 aromatic rings. The quantitative estimate of drug-likeness (QED) is 0.899. The SMILES string of the molecule is C.COc1ccc2c(c1OC)NCC2(C)CCN(C)C.[HH]. The highest BCUT2D eigenvalue weighted by Gasteiger charge is 2.36. The van der Waals surface area contributed by atoms with Gasteiger partial charge in [0, 0.05) is 13.4 Å². The maximum absolute atomic E-state index is 5.50. The van der Waals surface area contributed by atoms with Gasteiger partial charge in [-0.2, -0.15) is 0 Å². The maximum Gasteiger partial charge on any atom is 0.184 e. The summed E-state index contributed by atoms with van der Waals surface area (Å²) in [5.74, 6) is 1.60. The number of anilines is 1. The molecule has 20 heavy (non-hydrogen) atoms. The molecule has 0 aromatic heterocycles. The van der Waals surface area contributed by atoms with Gasteiger partial charge in [-0.1, -0.05) is 20.4 Å². The summed E-state index contributed by atoms with van der Waals surface area (Å²) in [6, 6.07) is 4.16. The average Bonchev–Trinajstić information content (AvgIpc) is 2.74. The Bertz CT molecular complexity index is 466. The van der Waals surface area contributed by atoms with Crippen LogP contribution in [-0.2, 0) is 5.41 Å². The zero-order valence-electron chi connectivity index (χ0n) is 12.5. The second-order valence-corrected chi connectivity index (χ2v) is 5.69. The number of ether oxygens (including phenoxy) is 2. The zero-order chi connectivity index (χ0) is 14.0. The standard InChI is InChI=1S/C15H24N2O2.CH4.H2/c1-15(8-9-17(2)3)10-16-13-11(15)6-7-12(18-4)14(13)19-5;;/h6-7,16H,8-10H2,1-5H3;1H4;1H. The van der Waals surface area contributed by atoms with E-state index in [-0.39, 0.29) is 14.3 Å². The molecule has 4 heteroatoms. The van der Waals surface area contributed by atoms with Gasteiger partial charge in [0.25, 0.3) is 0 Å². The third-order valence-electron chi connectivity index (χ3n) is 3.96. The molecule has 0 bridgehead atoms. The van der Waals surface area contributed by atoms with Crippen molar-refractivity contribution in [3.05, 3.63) is 17.7 Å². The van der Waals surface area contributed by atoms with E-state index < -0.39 is 0 Å². The molecule has 0 saturated carbocycles. The number of rotatable bonds is 5. The molecule has 1 unspecified atom stereocenters. The number of fused-ring (bicyclic) bond motifs is 1. The van der Waals surface area contributed by atoms with Gasteiger partial charge < -0.3 is 19.7 Å². The van der Waals surface area contributed by atoms with Crippen LogP contribution in [-0.4, -0.2) is 46.3 Å². The van der Waals surface area contributed by atoms with Gasteiger partial charge in [0.15, 0.2) is 11.5 Å². The lowest BCUT2D eigenvalue weighted by atomic mass is 9.81. The highest BCUT2D eigenvalue weighted by Crippen LogP contribution is 2.47. The van der Waals surface area contributed by atoms with Crippen molar-refractivity contribution in [2.24, 2.45) is 0 Å². The third-order valence-corrected chi connectivity index (χ3v) is 3.96. The van der Waals surface area contributed by atoms with Crippen LogP contribution in [0.15, 0.2) is 12.1 Å². The van der Waals surface area contributed by atoms with Crippen LogP contribution < -0.4 is 14.8 Å². The molecule has 1 atom stereocenters.